The predicted molar refractivity (Wildman–Crippen MR) is 72.3 cm³/mol. The van der Waals surface area contributed by atoms with Gasteiger partial charge >= 0.3 is 5.97 Å². The minimum absolute atomic E-state index is 0.286. The maximum absolute atomic E-state index is 12.0. The van der Waals surface area contributed by atoms with Crippen LogP contribution >= 0.6 is 0 Å². The van der Waals surface area contributed by atoms with E-state index in [0.717, 1.165) is 28.0 Å². The second-order valence-corrected chi connectivity index (χ2v) is 4.65. The fraction of sp³-hybridized carbons (Fsp3) is 0.188. The van der Waals surface area contributed by atoms with E-state index in [-0.39, 0.29) is 5.97 Å². The monoisotopic (exact) mass is 254 g/mol. The van der Waals surface area contributed by atoms with Crippen molar-refractivity contribution in [3.8, 4) is 16.9 Å². The van der Waals surface area contributed by atoms with Crippen molar-refractivity contribution in [1.82, 2.24) is 0 Å². The van der Waals surface area contributed by atoms with E-state index in [2.05, 4.69) is 6.07 Å². The van der Waals surface area contributed by atoms with Gasteiger partial charge < -0.3 is 9.47 Å². The molecule has 0 saturated heterocycles. The highest BCUT2D eigenvalue weighted by Crippen LogP contribution is 2.34. The number of hydrogen-bond acceptors (Lipinski definition) is 3. The van der Waals surface area contributed by atoms with Gasteiger partial charge in [0.15, 0.2) is 0 Å². The molecule has 0 unspecified atom stereocenters. The standard InChI is InChI=1S/C16H14O3/c1-10-3-4-11-9-19-16(17)13-6-5-12(18-2)8-15(13)14(11)7-10/h3-8H,9H2,1-2H3. The fourth-order valence-corrected chi connectivity index (χ4v) is 2.34. The number of methoxy groups -OCH3 is 1. The predicted octanol–water partition coefficient (Wildman–Crippen LogP) is 3.34. The molecule has 2 aromatic rings. The van der Waals surface area contributed by atoms with Gasteiger partial charge in [0, 0.05) is 5.56 Å². The zero-order chi connectivity index (χ0) is 13.4. The first kappa shape index (κ1) is 11.8. The van der Waals surface area contributed by atoms with Crippen LogP contribution in [0, 0.1) is 6.92 Å². The summed E-state index contributed by atoms with van der Waals surface area (Å²) in [5.41, 5.74) is 4.68. The second-order valence-electron chi connectivity index (χ2n) is 4.65. The van der Waals surface area contributed by atoms with Crippen molar-refractivity contribution in [3.63, 3.8) is 0 Å². The lowest BCUT2D eigenvalue weighted by Crippen LogP contribution is -2.03. The summed E-state index contributed by atoms with van der Waals surface area (Å²) in [6.07, 6.45) is 0. The lowest BCUT2D eigenvalue weighted by Gasteiger charge is -2.09. The molecule has 3 heteroatoms. The maximum atomic E-state index is 12.0. The van der Waals surface area contributed by atoms with Gasteiger partial charge in [-0.1, -0.05) is 23.8 Å². The van der Waals surface area contributed by atoms with E-state index in [0.29, 0.717) is 12.2 Å². The van der Waals surface area contributed by atoms with Crippen LogP contribution in [0.25, 0.3) is 11.1 Å². The topological polar surface area (TPSA) is 35.5 Å². The molecule has 1 aliphatic rings. The molecule has 1 heterocycles. The van der Waals surface area contributed by atoms with Gasteiger partial charge in [0.2, 0.25) is 0 Å². The molecule has 0 aliphatic carbocycles. The van der Waals surface area contributed by atoms with Gasteiger partial charge in [-0.05, 0) is 36.2 Å². The largest absolute Gasteiger partial charge is 0.497 e. The summed E-state index contributed by atoms with van der Waals surface area (Å²) in [5, 5.41) is 0. The van der Waals surface area contributed by atoms with Gasteiger partial charge in [-0.15, -0.1) is 0 Å². The lowest BCUT2D eigenvalue weighted by molar-refractivity contribution is 0.0479. The van der Waals surface area contributed by atoms with Crippen molar-refractivity contribution in [3.05, 3.63) is 53.1 Å². The molecule has 96 valence electrons. The van der Waals surface area contributed by atoms with Crippen molar-refractivity contribution < 1.29 is 14.3 Å². The smallest absolute Gasteiger partial charge is 0.339 e. The van der Waals surface area contributed by atoms with Crippen LogP contribution in [0.3, 0.4) is 0 Å². The second kappa shape index (κ2) is 4.43. The van der Waals surface area contributed by atoms with E-state index in [4.69, 9.17) is 9.47 Å². The van der Waals surface area contributed by atoms with Gasteiger partial charge in [0.25, 0.3) is 0 Å². The van der Waals surface area contributed by atoms with Gasteiger partial charge in [-0.3, -0.25) is 0 Å². The van der Waals surface area contributed by atoms with Crippen molar-refractivity contribution in [2.24, 2.45) is 0 Å². The quantitative estimate of drug-likeness (QED) is 0.732. The van der Waals surface area contributed by atoms with Gasteiger partial charge in [0.1, 0.15) is 12.4 Å². The number of esters is 1. The number of benzene rings is 2. The summed E-state index contributed by atoms with van der Waals surface area (Å²) in [4.78, 5) is 12.0. The first-order valence-corrected chi connectivity index (χ1v) is 6.14. The van der Waals surface area contributed by atoms with Gasteiger partial charge in [-0.25, -0.2) is 4.79 Å². The molecule has 0 aromatic heterocycles. The summed E-state index contributed by atoms with van der Waals surface area (Å²) in [7, 11) is 1.62. The Kier molecular flexibility index (Phi) is 2.75. The Morgan fingerprint density at radius 2 is 1.89 bits per heavy atom. The molecule has 19 heavy (non-hydrogen) atoms. The van der Waals surface area contributed by atoms with E-state index >= 15 is 0 Å². The number of carbonyl (C=O) groups excluding carboxylic acids is 1. The summed E-state index contributed by atoms with van der Waals surface area (Å²) in [6, 6.07) is 11.5. The highest BCUT2D eigenvalue weighted by Gasteiger charge is 2.21. The number of hydrogen-bond donors (Lipinski definition) is 0. The minimum Gasteiger partial charge on any atom is -0.497 e. The average Bonchev–Trinajstić information content (AvgIpc) is 2.57. The van der Waals surface area contributed by atoms with Crippen LogP contribution < -0.4 is 4.74 Å². The molecular weight excluding hydrogens is 240 g/mol. The number of aryl methyl sites for hydroxylation is 1. The molecule has 0 fully saturated rings. The zero-order valence-corrected chi connectivity index (χ0v) is 10.9. The number of carbonyl (C=O) groups is 1. The summed E-state index contributed by atoms with van der Waals surface area (Å²) >= 11 is 0. The van der Waals surface area contributed by atoms with Crippen molar-refractivity contribution in [2.75, 3.05) is 7.11 Å². The van der Waals surface area contributed by atoms with E-state index in [1.54, 1.807) is 19.2 Å². The SMILES string of the molecule is COc1ccc2c(c1)-c1cc(C)ccc1COC2=O. The Hall–Kier alpha value is -2.29. The van der Waals surface area contributed by atoms with Crippen LogP contribution in [0.4, 0.5) is 0 Å². The van der Waals surface area contributed by atoms with Crippen molar-refractivity contribution >= 4 is 5.97 Å². The Balaban J connectivity index is 2.30. The number of cyclic esters (lactones) is 1. The molecule has 3 rings (SSSR count). The molecule has 0 N–H and O–H groups in total. The summed E-state index contributed by atoms with van der Waals surface area (Å²) < 4.78 is 10.5. The fourth-order valence-electron chi connectivity index (χ4n) is 2.34. The van der Waals surface area contributed by atoms with Gasteiger partial charge in [-0.2, -0.15) is 0 Å². The molecule has 1 aliphatic heterocycles. The Labute approximate surface area is 111 Å². The van der Waals surface area contributed by atoms with Crippen LogP contribution in [0.2, 0.25) is 0 Å². The molecule has 0 bridgehead atoms. The molecular formula is C16H14O3. The van der Waals surface area contributed by atoms with Crippen LogP contribution in [0.1, 0.15) is 21.5 Å². The third-order valence-electron chi connectivity index (χ3n) is 3.36. The molecule has 2 aromatic carbocycles. The van der Waals surface area contributed by atoms with E-state index in [9.17, 15) is 4.79 Å². The average molecular weight is 254 g/mol. The van der Waals surface area contributed by atoms with E-state index in [1.807, 2.05) is 25.1 Å². The lowest BCUT2D eigenvalue weighted by atomic mass is 9.95. The number of fused-ring (bicyclic) bond motifs is 3. The first-order valence-electron chi connectivity index (χ1n) is 6.14. The van der Waals surface area contributed by atoms with Crippen LogP contribution in [0.15, 0.2) is 36.4 Å². The Bertz CT molecular complexity index is 659. The van der Waals surface area contributed by atoms with E-state index in [1.165, 1.54) is 0 Å². The Morgan fingerprint density at radius 1 is 1.05 bits per heavy atom. The molecule has 3 nitrogen and oxygen atoms in total. The third-order valence-corrected chi connectivity index (χ3v) is 3.36. The maximum Gasteiger partial charge on any atom is 0.339 e. The van der Waals surface area contributed by atoms with Gasteiger partial charge in [0.05, 0.1) is 12.7 Å². The molecule has 0 atom stereocenters. The third kappa shape index (κ3) is 1.97. The van der Waals surface area contributed by atoms with E-state index < -0.39 is 0 Å². The number of rotatable bonds is 1. The first-order chi connectivity index (χ1) is 9.19. The minimum atomic E-state index is -0.286. The molecule has 0 saturated carbocycles. The Morgan fingerprint density at radius 3 is 2.68 bits per heavy atom. The summed E-state index contributed by atoms with van der Waals surface area (Å²) in [6.45, 7) is 2.35. The van der Waals surface area contributed by atoms with Crippen LogP contribution in [0.5, 0.6) is 5.75 Å². The highest BCUT2D eigenvalue weighted by atomic mass is 16.5. The molecule has 0 spiro atoms. The number of ether oxygens (including phenoxy) is 2. The highest BCUT2D eigenvalue weighted by molar-refractivity contribution is 5.99. The zero-order valence-electron chi connectivity index (χ0n) is 10.9. The molecule has 0 amide bonds. The van der Waals surface area contributed by atoms with Crippen molar-refractivity contribution in [1.29, 1.82) is 0 Å². The van der Waals surface area contributed by atoms with Crippen molar-refractivity contribution in [2.45, 2.75) is 13.5 Å². The normalized spacial score (nSPS) is 13.1. The molecule has 0 radical (unpaired) electrons. The van der Waals surface area contributed by atoms with Crippen LogP contribution in [-0.2, 0) is 11.3 Å². The van der Waals surface area contributed by atoms with Crippen LogP contribution in [-0.4, -0.2) is 13.1 Å². The summed E-state index contributed by atoms with van der Waals surface area (Å²) in [5.74, 6) is 0.451.